The van der Waals surface area contributed by atoms with Crippen LogP contribution in [0.15, 0.2) is 4.99 Å². The van der Waals surface area contributed by atoms with Gasteiger partial charge in [-0.1, -0.05) is 13.8 Å². The van der Waals surface area contributed by atoms with E-state index in [9.17, 15) is 0 Å². The fourth-order valence-corrected chi connectivity index (χ4v) is 1.97. The molecule has 1 aliphatic heterocycles. The Morgan fingerprint density at radius 1 is 1.58 bits per heavy atom. The maximum Gasteiger partial charge on any atom is 0.0760 e. The Morgan fingerprint density at radius 2 is 2.25 bits per heavy atom. The zero-order chi connectivity index (χ0) is 9.14. The molecule has 2 nitrogen and oxygen atoms in total. The van der Waals surface area contributed by atoms with Crippen molar-refractivity contribution in [1.82, 2.24) is 0 Å². The Kier molecular flexibility index (Phi) is 3.27. The second kappa shape index (κ2) is 4.04. The summed E-state index contributed by atoms with van der Waals surface area (Å²) < 4.78 is 0. The van der Waals surface area contributed by atoms with Crippen LogP contribution in [0.5, 0.6) is 0 Å². The lowest BCUT2D eigenvalue weighted by Gasteiger charge is -2.30. The first-order chi connectivity index (χ1) is 5.65. The van der Waals surface area contributed by atoms with Crippen LogP contribution in [-0.4, -0.2) is 23.5 Å². The number of rotatable bonds is 2. The minimum atomic E-state index is 0.166. The molecule has 0 saturated heterocycles. The van der Waals surface area contributed by atoms with Crippen molar-refractivity contribution in [2.45, 2.75) is 39.7 Å². The zero-order valence-electron chi connectivity index (χ0n) is 8.25. The van der Waals surface area contributed by atoms with Gasteiger partial charge < -0.3 is 5.11 Å². The van der Waals surface area contributed by atoms with Crippen LogP contribution in [-0.2, 0) is 0 Å². The Morgan fingerprint density at radius 3 is 2.75 bits per heavy atom. The van der Waals surface area contributed by atoms with E-state index in [-0.39, 0.29) is 12.6 Å². The molecule has 0 aromatic rings. The quantitative estimate of drug-likeness (QED) is 0.672. The van der Waals surface area contributed by atoms with E-state index < -0.39 is 0 Å². The molecule has 0 fully saturated rings. The van der Waals surface area contributed by atoms with Gasteiger partial charge in [0.15, 0.2) is 0 Å². The molecule has 1 heterocycles. The first kappa shape index (κ1) is 9.72. The third kappa shape index (κ3) is 2.07. The van der Waals surface area contributed by atoms with Crippen LogP contribution in [0.25, 0.3) is 0 Å². The summed E-state index contributed by atoms with van der Waals surface area (Å²) in [7, 11) is 0. The van der Waals surface area contributed by atoms with Gasteiger partial charge in [0.1, 0.15) is 0 Å². The maximum absolute atomic E-state index is 9.12. The van der Waals surface area contributed by atoms with Crippen LogP contribution >= 0.6 is 0 Å². The maximum atomic E-state index is 9.12. The van der Waals surface area contributed by atoms with Crippen molar-refractivity contribution in [2.24, 2.45) is 16.8 Å². The molecule has 0 amide bonds. The average Bonchev–Trinajstić information content (AvgIpc) is 2.03. The molecule has 2 heteroatoms. The van der Waals surface area contributed by atoms with Crippen molar-refractivity contribution in [3.63, 3.8) is 0 Å². The van der Waals surface area contributed by atoms with E-state index in [1.165, 1.54) is 12.1 Å². The monoisotopic (exact) mass is 169 g/mol. The summed E-state index contributed by atoms with van der Waals surface area (Å²) in [5.74, 6) is 1.22. The van der Waals surface area contributed by atoms with Crippen molar-refractivity contribution in [2.75, 3.05) is 6.61 Å². The van der Waals surface area contributed by atoms with Crippen molar-refractivity contribution in [1.29, 1.82) is 0 Å². The van der Waals surface area contributed by atoms with E-state index in [0.29, 0.717) is 11.8 Å². The number of nitrogens with zero attached hydrogens (tertiary/aromatic N) is 1. The molecule has 1 aliphatic rings. The lowest BCUT2D eigenvalue weighted by molar-refractivity contribution is 0.188. The Labute approximate surface area is 74.7 Å². The Hall–Kier alpha value is -0.370. The topological polar surface area (TPSA) is 32.6 Å². The molecular formula is C10H19NO. The van der Waals surface area contributed by atoms with Crippen LogP contribution in [0.2, 0.25) is 0 Å². The van der Waals surface area contributed by atoms with Crippen molar-refractivity contribution >= 4 is 5.71 Å². The molecule has 2 atom stereocenters. The van der Waals surface area contributed by atoms with Crippen LogP contribution < -0.4 is 0 Å². The van der Waals surface area contributed by atoms with Gasteiger partial charge in [-0.25, -0.2) is 0 Å². The highest BCUT2D eigenvalue weighted by Crippen LogP contribution is 2.27. The predicted octanol–water partition coefficient (Wildman–Crippen LogP) is 1.87. The number of aliphatic hydroxyl groups is 1. The molecule has 0 bridgehead atoms. The molecule has 1 N–H and O–H groups in total. The van der Waals surface area contributed by atoms with E-state index in [1.54, 1.807) is 0 Å². The van der Waals surface area contributed by atoms with Crippen LogP contribution in [0.4, 0.5) is 0 Å². The highest BCUT2D eigenvalue weighted by atomic mass is 16.3. The van der Waals surface area contributed by atoms with Gasteiger partial charge in [0, 0.05) is 5.71 Å². The second-order valence-electron chi connectivity index (χ2n) is 4.06. The zero-order valence-corrected chi connectivity index (χ0v) is 8.25. The molecule has 0 aromatic heterocycles. The van der Waals surface area contributed by atoms with E-state index in [4.69, 9.17) is 5.11 Å². The Bertz CT molecular complexity index is 175. The van der Waals surface area contributed by atoms with E-state index in [0.717, 1.165) is 6.42 Å². The van der Waals surface area contributed by atoms with Gasteiger partial charge in [-0.3, -0.25) is 4.99 Å². The highest BCUT2D eigenvalue weighted by molar-refractivity contribution is 5.82. The van der Waals surface area contributed by atoms with Gasteiger partial charge in [0.05, 0.1) is 12.6 Å². The molecule has 1 rings (SSSR count). The minimum Gasteiger partial charge on any atom is -0.394 e. The largest absolute Gasteiger partial charge is 0.394 e. The summed E-state index contributed by atoms with van der Waals surface area (Å²) in [5.41, 5.74) is 1.20. The number of hydrogen-bond acceptors (Lipinski definition) is 2. The molecule has 12 heavy (non-hydrogen) atoms. The van der Waals surface area contributed by atoms with Gasteiger partial charge in [0.25, 0.3) is 0 Å². The van der Waals surface area contributed by atoms with E-state index in [1.807, 2.05) is 0 Å². The standard InChI is InChI=1S/C10H19NO/c1-7(2)9-5-4-8(3)11-10(9)6-12/h7,9-10,12H,4-6H2,1-3H3. The summed E-state index contributed by atoms with van der Waals surface area (Å²) in [6.07, 6.45) is 2.30. The summed E-state index contributed by atoms with van der Waals surface area (Å²) in [6, 6.07) is 0.166. The summed E-state index contributed by atoms with van der Waals surface area (Å²) in [5, 5.41) is 9.12. The highest BCUT2D eigenvalue weighted by Gasteiger charge is 2.26. The van der Waals surface area contributed by atoms with Crippen LogP contribution in [0.3, 0.4) is 0 Å². The van der Waals surface area contributed by atoms with Crippen LogP contribution in [0, 0.1) is 11.8 Å². The van der Waals surface area contributed by atoms with Gasteiger partial charge in [-0.05, 0) is 31.6 Å². The predicted molar refractivity (Wildman–Crippen MR) is 51.5 cm³/mol. The van der Waals surface area contributed by atoms with Crippen LogP contribution in [0.1, 0.15) is 33.6 Å². The number of aliphatic imine (C=N–C) groups is 1. The lowest BCUT2D eigenvalue weighted by Crippen LogP contribution is -2.31. The number of hydrogen-bond donors (Lipinski definition) is 1. The average molecular weight is 169 g/mol. The van der Waals surface area contributed by atoms with Crippen molar-refractivity contribution in [3.8, 4) is 0 Å². The number of aliphatic hydroxyl groups excluding tert-OH is 1. The summed E-state index contributed by atoms with van der Waals surface area (Å²) in [6.45, 7) is 6.69. The normalized spacial score (nSPS) is 30.6. The fraction of sp³-hybridized carbons (Fsp3) is 0.900. The molecule has 0 spiro atoms. The molecule has 0 aliphatic carbocycles. The first-order valence-electron chi connectivity index (χ1n) is 4.79. The lowest BCUT2D eigenvalue weighted by atomic mass is 9.82. The van der Waals surface area contributed by atoms with Gasteiger partial charge in [0.2, 0.25) is 0 Å². The second-order valence-corrected chi connectivity index (χ2v) is 4.06. The molecular weight excluding hydrogens is 150 g/mol. The van der Waals surface area contributed by atoms with Gasteiger partial charge >= 0.3 is 0 Å². The molecule has 0 radical (unpaired) electrons. The molecule has 0 saturated carbocycles. The van der Waals surface area contributed by atoms with E-state index in [2.05, 4.69) is 25.8 Å². The van der Waals surface area contributed by atoms with Crippen molar-refractivity contribution in [3.05, 3.63) is 0 Å². The summed E-state index contributed by atoms with van der Waals surface area (Å²) in [4.78, 5) is 4.47. The van der Waals surface area contributed by atoms with Gasteiger partial charge in [-0.15, -0.1) is 0 Å². The Balaban J connectivity index is 2.66. The summed E-state index contributed by atoms with van der Waals surface area (Å²) >= 11 is 0. The smallest absolute Gasteiger partial charge is 0.0760 e. The van der Waals surface area contributed by atoms with Crippen molar-refractivity contribution < 1.29 is 5.11 Å². The third-order valence-corrected chi connectivity index (χ3v) is 2.76. The van der Waals surface area contributed by atoms with Gasteiger partial charge in [-0.2, -0.15) is 0 Å². The molecule has 2 unspecified atom stereocenters. The minimum absolute atomic E-state index is 0.166. The third-order valence-electron chi connectivity index (χ3n) is 2.76. The first-order valence-corrected chi connectivity index (χ1v) is 4.79. The molecule has 0 aromatic carbocycles. The molecule has 70 valence electrons. The SMILES string of the molecule is CC1=NC(CO)C(C(C)C)CC1. The van der Waals surface area contributed by atoms with E-state index >= 15 is 0 Å². The fourth-order valence-electron chi connectivity index (χ4n) is 1.97.